The summed E-state index contributed by atoms with van der Waals surface area (Å²) in [4.78, 5) is 13.4. The fourth-order valence-corrected chi connectivity index (χ4v) is 3.15. The van der Waals surface area contributed by atoms with Gasteiger partial charge in [0, 0.05) is 18.8 Å². The number of carboxylic acids is 1. The first-order valence-electron chi connectivity index (χ1n) is 7.22. The lowest BCUT2D eigenvalue weighted by Crippen LogP contribution is -2.42. The SMILES string of the molecule is COc1ccc2c(c1)N(C)C1=C(CCCC(C(=O)O)N1)C2. The standard InChI is InChI=1S/C16H20N2O3/c1-18-14-9-12(21-2)7-6-10(14)8-11-4-3-5-13(16(19)20)17-15(11)18/h6-7,9,13,17H,3-5,8H2,1-2H3,(H,19,20). The second-order valence-corrected chi connectivity index (χ2v) is 5.61. The molecule has 2 heterocycles. The zero-order valence-electron chi connectivity index (χ0n) is 12.3. The van der Waals surface area contributed by atoms with E-state index in [2.05, 4.69) is 16.3 Å². The largest absolute Gasteiger partial charge is 0.497 e. The maximum absolute atomic E-state index is 11.3. The highest BCUT2D eigenvalue weighted by atomic mass is 16.5. The second-order valence-electron chi connectivity index (χ2n) is 5.61. The van der Waals surface area contributed by atoms with E-state index in [0.29, 0.717) is 6.42 Å². The quantitative estimate of drug-likeness (QED) is 0.873. The summed E-state index contributed by atoms with van der Waals surface area (Å²) < 4.78 is 5.29. The summed E-state index contributed by atoms with van der Waals surface area (Å²) in [6.45, 7) is 0. The molecule has 112 valence electrons. The molecule has 1 aromatic rings. The van der Waals surface area contributed by atoms with Crippen LogP contribution in [-0.2, 0) is 11.2 Å². The molecule has 1 atom stereocenters. The van der Waals surface area contributed by atoms with Crippen molar-refractivity contribution in [2.75, 3.05) is 19.1 Å². The number of anilines is 1. The van der Waals surface area contributed by atoms with Gasteiger partial charge in [0.15, 0.2) is 0 Å². The Bertz CT molecular complexity index is 610. The van der Waals surface area contributed by atoms with E-state index in [9.17, 15) is 9.90 Å². The number of hydrogen-bond donors (Lipinski definition) is 2. The molecule has 0 amide bonds. The van der Waals surface area contributed by atoms with E-state index in [-0.39, 0.29) is 0 Å². The Morgan fingerprint density at radius 1 is 1.48 bits per heavy atom. The van der Waals surface area contributed by atoms with Gasteiger partial charge < -0.3 is 20.1 Å². The molecule has 0 radical (unpaired) electrons. The highest BCUT2D eigenvalue weighted by Gasteiger charge is 2.29. The minimum atomic E-state index is -0.784. The van der Waals surface area contributed by atoms with E-state index >= 15 is 0 Å². The summed E-state index contributed by atoms with van der Waals surface area (Å²) in [6.07, 6.45) is 3.39. The summed E-state index contributed by atoms with van der Waals surface area (Å²) >= 11 is 0. The molecule has 2 aliphatic rings. The molecule has 0 saturated carbocycles. The Morgan fingerprint density at radius 2 is 2.29 bits per heavy atom. The van der Waals surface area contributed by atoms with Crippen molar-refractivity contribution in [1.82, 2.24) is 5.32 Å². The minimum absolute atomic E-state index is 0.507. The van der Waals surface area contributed by atoms with Gasteiger partial charge in [-0.15, -0.1) is 0 Å². The molecule has 0 saturated heterocycles. The maximum Gasteiger partial charge on any atom is 0.326 e. The van der Waals surface area contributed by atoms with Gasteiger partial charge in [-0.25, -0.2) is 4.79 Å². The molecule has 5 nitrogen and oxygen atoms in total. The molecule has 1 aromatic carbocycles. The summed E-state index contributed by atoms with van der Waals surface area (Å²) in [5.41, 5.74) is 3.62. The lowest BCUT2D eigenvalue weighted by atomic mass is 9.95. The van der Waals surface area contributed by atoms with Crippen molar-refractivity contribution in [2.45, 2.75) is 31.7 Å². The smallest absolute Gasteiger partial charge is 0.326 e. The first kappa shape index (κ1) is 13.8. The van der Waals surface area contributed by atoms with E-state index in [0.717, 1.165) is 36.5 Å². The third kappa shape index (κ3) is 2.44. The molecular formula is C16H20N2O3. The molecule has 21 heavy (non-hydrogen) atoms. The summed E-state index contributed by atoms with van der Waals surface area (Å²) in [5.74, 6) is 0.974. The molecule has 5 heteroatoms. The van der Waals surface area contributed by atoms with E-state index in [1.165, 1.54) is 11.1 Å². The van der Waals surface area contributed by atoms with Crippen molar-refractivity contribution >= 4 is 11.7 Å². The van der Waals surface area contributed by atoms with E-state index in [4.69, 9.17) is 4.74 Å². The number of carboxylic acid groups (broad SMARTS) is 1. The summed E-state index contributed by atoms with van der Waals surface area (Å²) in [5, 5.41) is 12.5. The maximum atomic E-state index is 11.3. The molecule has 2 aliphatic heterocycles. The van der Waals surface area contributed by atoms with Crippen molar-refractivity contribution in [3.63, 3.8) is 0 Å². The number of nitrogens with zero attached hydrogens (tertiary/aromatic N) is 1. The van der Waals surface area contributed by atoms with Crippen LogP contribution >= 0.6 is 0 Å². The number of benzene rings is 1. The molecule has 2 N–H and O–H groups in total. The second kappa shape index (κ2) is 5.31. The van der Waals surface area contributed by atoms with Crippen molar-refractivity contribution in [2.24, 2.45) is 0 Å². The summed E-state index contributed by atoms with van der Waals surface area (Å²) in [6, 6.07) is 5.56. The number of allylic oxidation sites excluding steroid dienone is 1. The zero-order valence-corrected chi connectivity index (χ0v) is 12.3. The van der Waals surface area contributed by atoms with Crippen LogP contribution in [0.2, 0.25) is 0 Å². The van der Waals surface area contributed by atoms with Crippen LogP contribution in [0.15, 0.2) is 29.6 Å². The van der Waals surface area contributed by atoms with Crippen LogP contribution in [0.1, 0.15) is 24.8 Å². The predicted molar refractivity (Wildman–Crippen MR) is 80.5 cm³/mol. The number of carbonyl (C=O) groups is 1. The van der Waals surface area contributed by atoms with Crippen molar-refractivity contribution in [3.05, 3.63) is 35.2 Å². The van der Waals surface area contributed by atoms with Gasteiger partial charge in [0.2, 0.25) is 0 Å². The minimum Gasteiger partial charge on any atom is -0.497 e. The topological polar surface area (TPSA) is 61.8 Å². The Kier molecular flexibility index (Phi) is 3.49. The Hall–Kier alpha value is -2.17. The van der Waals surface area contributed by atoms with Crippen LogP contribution in [0.4, 0.5) is 5.69 Å². The van der Waals surface area contributed by atoms with Crippen molar-refractivity contribution in [3.8, 4) is 5.75 Å². The van der Waals surface area contributed by atoms with Crippen LogP contribution in [0.25, 0.3) is 0 Å². The van der Waals surface area contributed by atoms with Crippen LogP contribution in [0.3, 0.4) is 0 Å². The average molecular weight is 288 g/mol. The molecule has 0 spiro atoms. The zero-order chi connectivity index (χ0) is 15.0. The van der Waals surface area contributed by atoms with Crippen molar-refractivity contribution in [1.29, 1.82) is 0 Å². The average Bonchev–Trinajstić information content (AvgIpc) is 2.70. The lowest BCUT2D eigenvalue weighted by Gasteiger charge is -2.33. The number of fused-ring (bicyclic) bond motifs is 1. The van der Waals surface area contributed by atoms with Crippen molar-refractivity contribution < 1.29 is 14.6 Å². The number of nitrogens with one attached hydrogen (secondary N) is 1. The number of hydrogen-bond acceptors (Lipinski definition) is 4. The highest BCUT2D eigenvalue weighted by Crippen LogP contribution is 2.36. The highest BCUT2D eigenvalue weighted by molar-refractivity contribution is 5.74. The molecule has 1 unspecified atom stereocenters. The molecule has 0 aliphatic carbocycles. The van der Waals surface area contributed by atoms with Gasteiger partial charge in [0.1, 0.15) is 17.6 Å². The normalized spacial score (nSPS) is 21.0. The van der Waals surface area contributed by atoms with Gasteiger partial charge in [0.25, 0.3) is 0 Å². The lowest BCUT2D eigenvalue weighted by molar-refractivity contribution is -0.139. The van der Waals surface area contributed by atoms with Gasteiger partial charge in [-0.05, 0) is 42.9 Å². The van der Waals surface area contributed by atoms with Gasteiger partial charge in [-0.3, -0.25) is 0 Å². The molecule has 0 bridgehead atoms. The number of methoxy groups -OCH3 is 1. The summed E-state index contributed by atoms with van der Waals surface area (Å²) in [7, 11) is 3.63. The number of aliphatic carboxylic acids is 1. The fraction of sp³-hybridized carbons (Fsp3) is 0.438. The third-order valence-corrected chi connectivity index (χ3v) is 4.31. The molecule has 3 rings (SSSR count). The Balaban J connectivity index is 1.97. The van der Waals surface area contributed by atoms with Crippen LogP contribution in [-0.4, -0.2) is 31.3 Å². The van der Waals surface area contributed by atoms with Gasteiger partial charge in [-0.2, -0.15) is 0 Å². The van der Waals surface area contributed by atoms with Gasteiger partial charge >= 0.3 is 5.97 Å². The van der Waals surface area contributed by atoms with E-state index in [1.54, 1.807) is 7.11 Å². The van der Waals surface area contributed by atoms with E-state index in [1.807, 2.05) is 19.2 Å². The number of rotatable bonds is 2. The first-order chi connectivity index (χ1) is 10.1. The monoisotopic (exact) mass is 288 g/mol. The number of ether oxygens (including phenoxy) is 1. The fourth-order valence-electron chi connectivity index (χ4n) is 3.15. The predicted octanol–water partition coefficient (Wildman–Crippen LogP) is 2.13. The molecular weight excluding hydrogens is 268 g/mol. The Morgan fingerprint density at radius 3 is 3.00 bits per heavy atom. The third-order valence-electron chi connectivity index (χ3n) is 4.31. The van der Waals surface area contributed by atoms with Gasteiger partial charge in [-0.1, -0.05) is 6.07 Å². The first-order valence-corrected chi connectivity index (χ1v) is 7.22. The molecule has 0 aromatic heterocycles. The van der Waals surface area contributed by atoms with E-state index < -0.39 is 12.0 Å². The van der Waals surface area contributed by atoms with Crippen LogP contribution < -0.4 is 15.0 Å². The van der Waals surface area contributed by atoms with Crippen LogP contribution in [0, 0.1) is 0 Å². The van der Waals surface area contributed by atoms with Gasteiger partial charge in [0.05, 0.1) is 7.11 Å². The molecule has 0 fully saturated rings. The Labute approximate surface area is 124 Å². The van der Waals surface area contributed by atoms with Crippen LogP contribution in [0.5, 0.6) is 5.75 Å².